The predicted octanol–water partition coefficient (Wildman–Crippen LogP) is 1.51. The Kier molecular flexibility index (Phi) is 3.18. The Bertz CT molecular complexity index is 909. The maximum Gasteiger partial charge on any atom is 0.189 e. The van der Waals surface area contributed by atoms with Gasteiger partial charge in [-0.15, -0.1) is 0 Å². The predicted molar refractivity (Wildman–Crippen MR) is 100 cm³/mol. The second kappa shape index (κ2) is 5.21. The fourth-order valence-corrected chi connectivity index (χ4v) is 6.76. The molecule has 6 rings (SSSR count). The Morgan fingerprint density at radius 1 is 1.29 bits per heavy atom. The summed E-state index contributed by atoms with van der Waals surface area (Å²) in [7, 11) is 1.60. The van der Waals surface area contributed by atoms with Crippen molar-refractivity contribution in [3.63, 3.8) is 0 Å². The van der Waals surface area contributed by atoms with Gasteiger partial charge in [0.05, 0.1) is 18.1 Å². The Labute approximate surface area is 164 Å². The fourth-order valence-electron chi connectivity index (χ4n) is 6.76. The van der Waals surface area contributed by atoms with E-state index in [-0.39, 0.29) is 12.5 Å². The molecule has 1 spiro atoms. The first kappa shape index (κ1) is 17.1. The lowest BCUT2D eigenvalue weighted by molar-refractivity contribution is -0.222. The van der Waals surface area contributed by atoms with Gasteiger partial charge in [-0.3, -0.25) is 4.90 Å². The summed E-state index contributed by atoms with van der Waals surface area (Å²) in [4.78, 5) is 2.47. The number of aliphatic hydroxyl groups is 2. The molecular weight excluding hydrogens is 356 g/mol. The molecule has 0 radical (unpaired) electrons. The molecule has 6 heteroatoms. The first-order chi connectivity index (χ1) is 13.5. The van der Waals surface area contributed by atoms with Crippen molar-refractivity contribution in [3.05, 3.63) is 23.3 Å². The summed E-state index contributed by atoms with van der Waals surface area (Å²) in [5.41, 5.74) is -1.21. The summed E-state index contributed by atoms with van der Waals surface area (Å²) >= 11 is 0. The number of rotatable bonds is 3. The van der Waals surface area contributed by atoms with Crippen molar-refractivity contribution in [3.8, 4) is 17.6 Å². The van der Waals surface area contributed by atoms with Crippen LogP contribution in [0.5, 0.6) is 11.5 Å². The van der Waals surface area contributed by atoms with Crippen LogP contribution >= 0.6 is 0 Å². The molecule has 2 heterocycles. The van der Waals surface area contributed by atoms with Crippen LogP contribution in [-0.2, 0) is 11.8 Å². The van der Waals surface area contributed by atoms with E-state index >= 15 is 0 Å². The molecule has 3 fully saturated rings. The first-order valence-electron chi connectivity index (χ1n) is 10.4. The van der Waals surface area contributed by atoms with E-state index in [2.05, 4.69) is 17.0 Å². The highest BCUT2D eigenvalue weighted by molar-refractivity contribution is 5.63. The van der Waals surface area contributed by atoms with Crippen molar-refractivity contribution in [1.29, 1.82) is 5.26 Å². The van der Waals surface area contributed by atoms with Crippen molar-refractivity contribution >= 4 is 0 Å². The van der Waals surface area contributed by atoms with Crippen molar-refractivity contribution < 1.29 is 19.7 Å². The third kappa shape index (κ3) is 1.79. The van der Waals surface area contributed by atoms with Crippen molar-refractivity contribution in [1.82, 2.24) is 4.90 Å². The number of benzene rings is 1. The highest BCUT2D eigenvalue weighted by Gasteiger charge is 2.76. The van der Waals surface area contributed by atoms with E-state index in [1.165, 1.54) is 12.8 Å². The van der Waals surface area contributed by atoms with Crippen LogP contribution in [0.1, 0.15) is 43.2 Å². The Balaban J connectivity index is 1.58. The highest BCUT2D eigenvalue weighted by atomic mass is 16.5. The minimum absolute atomic E-state index is 0.00281. The first-order valence-corrected chi connectivity index (χ1v) is 10.4. The average molecular weight is 382 g/mol. The van der Waals surface area contributed by atoms with Gasteiger partial charge in [-0.25, -0.2) is 0 Å². The summed E-state index contributed by atoms with van der Waals surface area (Å²) in [6.45, 7) is 1.90. The molecule has 0 aromatic heterocycles. The molecule has 2 bridgehead atoms. The molecule has 6 nitrogen and oxygen atoms in total. The van der Waals surface area contributed by atoms with E-state index in [1.807, 2.05) is 6.07 Å². The zero-order chi connectivity index (χ0) is 19.3. The van der Waals surface area contributed by atoms with Gasteiger partial charge in [-0.05, 0) is 62.6 Å². The Morgan fingerprint density at radius 3 is 2.82 bits per heavy atom. The Morgan fingerprint density at radius 2 is 2.11 bits per heavy atom. The largest absolute Gasteiger partial charge is 0.493 e. The lowest BCUT2D eigenvalue weighted by Gasteiger charge is -2.64. The summed E-state index contributed by atoms with van der Waals surface area (Å²) in [6.07, 6.45) is 3.91. The van der Waals surface area contributed by atoms with Crippen molar-refractivity contribution in [2.24, 2.45) is 5.92 Å². The average Bonchev–Trinajstić information content (AvgIpc) is 3.43. The minimum atomic E-state index is -1.60. The van der Waals surface area contributed by atoms with Crippen LogP contribution in [0.15, 0.2) is 12.1 Å². The second-order valence-corrected chi connectivity index (χ2v) is 9.47. The van der Waals surface area contributed by atoms with Gasteiger partial charge < -0.3 is 19.7 Å². The van der Waals surface area contributed by atoms with Crippen LogP contribution in [0.25, 0.3) is 0 Å². The molecule has 0 amide bonds. The molecule has 2 N–H and O–H groups in total. The smallest absolute Gasteiger partial charge is 0.189 e. The number of methoxy groups -OCH3 is 1. The number of hydrogen-bond donors (Lipinski definition) is 2. The number of piperidine rings is 1. The molecule has 2 saturated carbocycles. The standard InChI is InChI=1S/C22H26N2O4/c1-27-15-5-4-14-10-16-22(26)7-6-20(25,12-23)19-21(22,17(14)18(15)28-19)8-9-24(16)11-13-2-3-13/h4-5,13,16,19,25-26H,2-3,6-11H2,1H3/t16-,19+,20+,21+,22-/m1/s1. The monoisotopic (exact) mass is 382 g/mol. The van der Waals surface area contributed by atoms with E-state index in [4.69, 9.17) is 9.47 Å². The van der Waals surface area contributed by atoms with Gasteiger partial charge in [-0.2, -0.15) is 5.26 Å². The second-order valence-electron chi connectivity index (χ2n) is 9.47. The van der Waals surface area contributed by atoms with E-state index in [0.717, 1.165) is 36.6 Å². The molecular formula is C22H26N2O4. The van der Waals surface area contributed by atoms with Gasteiger partial charge in [-0.1, -0.05) is 6.07 Å². The van der Waals surface area contributed by atoms with Crippen LogP contribution in [0, 0.1) is 17.2 Å². The van der Waals surface area contributed by atoms with Gasteiger partial charge >= 0.3 is 0 Å². The molecule has 1 aromatic rings. The number of likely N-dealkylation sites (tertiary alicyclic amines) is 1. The maximum absolute atomic E-state index is 12.2. The van der Waals surface area contributed by atoms with Gasteiger partial charge in [0.2, 0.25) is 0 Å². The number of nitrogens with zero attached hydrogens (tertiary/aromatic N) is 2. The molecule has 2 aliphatic heterocycles. The molecule has 1 aromatic carbocycles. The van der Waals surface area contributed by atoms with Gasteiger partial charge in [0.25, 0.3) is 0 Å². The molecule has 0 unspecified atom stereocenters. The number of hydrogen-bond acceptors (Lipinski definition) is 6. The van der Waals surface area contributed by atoms with Gasteiger partial charge in [0.15, 0.2) is 23.2 Å². The molecule has 5 aliphatic rings. The normalized spacial score (nSPS) is 43.1. The third-order valence-corrected chi connectivity index (χ3v) is 8.23. The van der Waals surface area contributed by atoms with E-state index < -0.39 is 22.7 Å². The number of ether oxygens (including phenoxy) is 2. The molecule has 5 atom stereocenters. The molecule has 3 aliphatic carbocycles. The molecule has 148 valence electrons. The molecule has 1 saturated heterocycles. The van der Waals surface area contributed by atoms with Crippen LogP contribution in [0.2, 0.25) is 0 Å². The van der Waals surface area contributed by atoms with Crippen LogP contribution in [0.4, 0.5) is 0 Å². The van der Waals surface area contributed by atoms with E-state index in [0.29, 0.717) is 24.3 Å². The summed E-state index contributed by atoms with van der Waals surface area (Å²) < 4.78 is 11.9. The van der Waals surface area contributed by atoms with Gasteiger partial charge in [0.1, 0.15) is 6.07 Å². The van der Waals surface area contributed by atoms with Gasteiger partial charge in [0, 0.05) is 18.2 Å². The van der Waals surface area contributed by atoms with Crippen LogP contribution in [-0.4, -0.2) is 58.7 Å². The SMILES string of the molecule is COc1ccc2c3c1O[C@H]1[C@@](O)(C#N)CC[C@@]4(O)[C@@H](C2)N(CC2CC2)CC[C@]314. The topological polar surface area (TPSA) is 85.9 Å². The van der Waals surface area contributed by atoms with Crippen molar-refractivity contribution in [2.75, 3.05) is 20.2 Å². The van der Waals surface area contributed by atoms with Crippen LogP contribution < -0.4 is 9.47 Å². The zero-order valence-corrected chi connectivity index (χ0v) is 16.1. The third-order valence-electron chi connectivity index (χ3n) is 8.23. The fraction of sp³-hybridized carbons (Fsp3) is 0.682. The van der Waals surface area contributed by atoms with E-state index in [1.54, 1.807) is 7.11 Å². The Hall–Kier alpha value is -1.81. The summed E-state index contributed by atoms with van der Waals surface area (Å²) in [5, 5.41) is 33.3. The minimum Gasteiger partial charge on any atom is -0.493 e. The van der Waals surface area contributed by atoms with Crippen molar-refractivity contribution in [2.45, 2.75) is 67.3 Å². The van der Waals surface area contributed by atoms with Crippen LogP contribution in [0.3, 0.4) is 0 Å². The quantitative estimate of drug-likeness (QED) is 0.771. The lowest BCUT2D eigenvalue weighted by Crippen LogP contribution is -2.79. The number of nitriles is 1. The van der Waals surface area contributed by atoms with E-state index in [9.17, 15) is 15.5 Å². The maximum atomic E-state index is 12.2. The highest BCUT2D eigenvalue weighted by Crippen LogP contribution is 2.67. The summed E-state index contributed by atoms with van der Waals surface area (Å²) in [6, 6.07) is 6.12. The summed E-state index contributed by atoms with van der Waals surface area (Å²) in [5.74, 6) is 1.98. The molecule has 28 heavy (non-hydrogen) atoms. The zero-order valence-electron chi connectivity index (χ0n) is 16.1. The lowest BCUT2D eigenvalue weighted by atomic mass is 9.47.